The average Bonchev–Trinajstić information content (AvgIpc) is 2.36. The quantitative estimate of drug-likeness (QED) is 0.356. The minimum Gasteiger partial charge on any atom is -0.497 e. The minimum absolute atomic E-state index is 0.0258. The molecular formula is C12H18N2O3. The largest absolute Gasteiger partial charge is 0.497 e. The molecule has 0 saturated carbocycles. The van der Waals surface area contributed by atoms with Crippen molar-refractivity contribution in [3.8, 4) is 11.5 Å². The second-order valence-electron chi connectivity index (χ2n) is 3.72. The van der Waals surface area contributed by atoms with Gasteiger partial charge in [-0.05, 0) is 25.5 Å². The van der Waals surface area contributed by atoms with Crippen molar-refractivity contribution in [2.75, 3.05) is 7.11 Å². The van der Waals surface area contributed by atoms with Crippen molar-refractivity contribution >= 4 is 5.84 Å². The first-order chi connectivity index (χ1) is 8.10. The number of hydrogen-bond donors (Lipinski definition) is 2. The predicted octanol–water partition coefficient (Wildman–Crippen LogP) is 1.97. The molecule has 3 N–H and O–H groups in total. The highest BCUT2D eigenvalue weighted by Gasteiger charge is 2.08. The Kier molecular flexibility index (Phi) is 4.63. The van der Waals surface area contributed by atoms with Crippen molar-refractivity contribution in [1.82, 2.24) is 0 Å². The summed E-state index contributed by atoms with van der Waals surface area (Å²) < 4.78 is 10.8. The van der Waals surface area contributed by atoms with Crippen LogP contribution in [-0.4, -0.2) is 24.3 Å². The van der Waals surface area contributed by atoms with Gasteiger partial charge in [0.15, 0.2) is 5.84 Å². The second-order valence-corrected chi connectivity index (χ2v) is 3.72. The predicted molar refractivity (Wildman–Crippen MR) is 65.9 cm³/mol. The number of hydrogen-bond acceptors (Lipinski definition) is 4. The number of amidine groups is 1. The van der Waals surface area contributed by atoms with Gasteiger partial charge >= 0.3 is 0 Å². The fraction of sp³-hybridized carbons (Fsp3) is 0.417. The van der Waals surface area contributed by atoms with Gasteiger partial charge in [0, 0.05) is 11.6 Å². The third-order valence-electron chi connectivity index (χ3n) is 2.43. The maximum atomic E-state index is 8.65. The van der Waals surface area contributed by atoms with Crippen LogP contribution < -0.4 is 15.2 Å². The monoisotopic (exact) mass is 238 g/mol. The number of nitrogens with two attached hydrogens (primary N) is 1. The highest BCUT2D eigenvalue weighted by Crippen LogP contribution is 2.24. The van der Waals surface area contributed by atoms with Gasteiger partial charge in [0.1, 0.15) is 11.5 Å². The van der Waals surface area contributed by atoms with Crippen molar-refractivity contribution in [3.05, 3.63) is 23.8 Å². The molecule has 1 aromatic rings. The summed E-state index contributed by atoms with van der Waals surface area (Å²) in [5.41, 5.74) is 6.10. The summed E-state index contributed by atoms with van der Waals surface area (Å²) in [6.07, 6.45) is 0.998. The zero-order chi connectivity index (χ0) is 12.8. The van der Waals surface area contributed by atoms with Crippen molar-refractivity contribution in [2.45, 2.75) is 26.4 Å². The molecule has 0 radical (unpaired) electrons. The Morgan fingerprint density at radius 1 is 1.41 bits per heavy atom. The van der Waals surface area contributed by atoms with Crippen LogP contribution in [-0.2, 0) is 0 Å². The summed E-state index contributed by atoms with van der Waals surface area (Å²) in [7, 11) is 1.55. The molecule has 0 saturated heterocycles. The third-order valence-corrected chi connectivity index (χ3v) is 2.43. The first kappa shape index (κ1) is 13.2. The van der Waals surface area contributed by atoms with E-state index >= 15 is 0 Å². The van der Waals surface area contributed by atoms with Gasteiger partial charge in [-0.3, -0.25) is 0 Å². The topological polar surface area (TPSA) is 77.1 Å². The van der Waals surface area contributed by atoms with Crippen LogP contribution in [0.5, 0.6) is 11.5 Å². The standard InChI is InChI=1S/C12H18N2O3/c1-4-8(2)17-11-6-9(12(13)14-15)5-10(7-11)16-3/h5-8,15H,4H2,1-3H3,(H2,13,14). The van der Waals surface area contributed by atoms with E-state index in [1.165, 1.54) is 0 Å². The molecular weight excluding hydrogens is 220 g/mol. The van der Waals surface area contributed by atoms with E-state index in [4.69, 9.17) is 20.4 Å². The second kappa shape index (κ2) is 5.98. The molecule has 0 spiro atoms. The van der Waals surface area contributed by atoms with Crippen molar-refractivity contribution < 1.29 is 14.7 Å². The van der Waals surface area contributed by atoms with E-state index < -0.39 is 0 Å². The van der Waals surface area contributed by atoms with Crippen LogP contribution >= 0.6 is 0 Å². The van der Waals surface area contributed by atoms with Crippen LogP contribution in [0.3, 0.4) is 0 Å². The van der Waals surface area contributed by atoms with Crippen molar-refractivity contribution in [3.63, 3.8) is 0 Å². The zero-order valence-electron chi connectivity index (χ0n) is 10.3. The smallest absolute Gasteiger partial charge is 0.170 e. The highest BCUT2D eigenvalue weighted by molar-refractivity contribution is 5.97. The Bertz CT molecular complexity index is 405. The molecule has 0 heterocycles. The van der Waals surface area contributed by atoms with E-state index in [9.17, 15) is 0 Å². The maximum absolute atomic E-state index is 8.65. The summed E-state index contributed by atoms with van der Waals surface area (Å²) >= 11 is 0. The van der Waals surface area contributed by atoms with Gasteiger partial charge in [0.05, 0.1) is 13.2 Å². The number of methoxy groups -OCH3 is 1. The summed E-state index contributed by atoms with van der Waals surface area (Å²) in [5, 5.41) is 11.6. The summed E-state index contributed by atoms with van der Waals surface area (Å²) in [6.45, 7) is 4.01. The third kappa shape index (κ3) is 3.55. The fourth-order valence-corrected chi connectivity index (χ4v) is 1.28. The Labute approximate surface area is 101 Å². The lowest BCUT2D eigenvalue weighted by Gasteiger charge is -2.14. The lowest BCUT2D eigenvalue weighted by molar-refractivity contribution is 0.216. The molecule has 5 heteroatoms. The molecule has 1 aromatic carbocycles. The number of benzene rings is 1. The van der Waals surface area contributed by atoms with Gasteiger partial charge in [-0.2, -0.15) is 0 Å². The Morgan fingerprint density at radius 3 is 2.59 bits per heavy atom. The van der Waals surface area contributed by atoms with Gasteiger partial charge in [0.25, 0.3) is 0 Å². The van der Waals surface area contributed by atoms with Crippen LogP contribution in [0.4, 0.5) is 0 Å². The van der Waals surface area contributed by atoms with Crippen LogP contribution in [0.1, 0.15) is 25.8 Å². The van der Waals surface area contributed by atoms with Crippen molar-refractivity contribution in [1.29, 1.82) is 0 Å². The first-order valence-electron chi connectivity index (χ1n) is 5.44. The van der Waals surface area contributed by atoms with Crippen LogP contribution in [0, 0.1) is 0 Å². The SMILES string of the molecule is CCC(C)Oc1cc(OC)cc(/C(N)=N/O)c1. The van der Waals surface area contributed by atoms with Crippen molar-refractivity contribution in [2.24, 2.45) is 10.9 Å². The Morgan fingerprint density at radius 2 is 2.06 bits per heavy atom. The van der Waals surface area contributed by atoms with E-state index in [0.29, 0.717) is 17.1 Å². The summed E-state index contributed by atoms with van der Waals surface area (Å²) in [6, 6.07) is 5.16. The maximum Gasteiger partial charge on any atom is 0.170 e. The van der Waals surface area contributed by atoms with E-state index in [-0.39, 0.29) is 11.9 Å². The Balaban J connectivity index is 3.05. The molecule has 1 atom stereocenters. The zero-order valence-corrected chi connectivity index (χ0v) is 10.3. The molecule has 0 aliphatic heterocycles. The molecule has 0 fully saturated rings. The number of ether oxygens (including phenoxy) is 2. The molecule has 0 amide bonds. The number of nitrogens with zero attached hydrogens (tertiary/aromatic N) is 1. The number of rotatable bonds is 5. The van der Waals surface area contributed by atoms with Crippen LogP contribution in [0.2, 0.25) is 0 Å². The summed E-state index contributed by atoms with van der Waals surface area (Å²) in [4.78, 5) is 0. The first-order valence-corrected chi connectivity index (χ1v) is 5.44. The molecule has 5 nitrogen and oxygen atoms in total. The van der Waals surface area contributed by atoms with E-state index in [0.717, 1.165) is 6.42 Å². The lowest BCUT2D eigenvalue weighted by Crippen LogP contribution is -2.14. The molecule has 0 aromatic heterocycles. The van der Waals surface area contributed by atoms with Crippen LogP contribution in [0.15, 0.2) is 23.4 Å². The average molecular weight is 238 g/mol. The van der Waals surface area contributed by atoms with E-state index in [1.54, 1.807) is 25.3 Å². The number of oxime groups is 1. The van der Waals surface area contributed by atoms with Gasteiger partial charge in [0.2, 0.25) is 0 Å². The molecule has 94 valence electrons. The van der Waals surface area contributed by atoms with E-state index in [1.807, 2.05) is 13.8 Å². The summed E-state index contributed by atoms with van der Waals surface area (Å²) in [5.74, 6) is 1.27. The molecule has 1 rings (SSSR count). The Hall–Kier alpha value is -1.91. The van der Waals surface area contributed by atoms with Gasteiger partial charge < -0.3 is 20.4 Å². The van der Waals surface area contributed by atoms with Gasteiger partial charge in [-0.25, -0.2) is 0 Å². The molecule has 0 bridgehead atoms. The molecule has 0 aliphatic rings. The normalized spacial score (nSPS) is 13.2. The lowest BCUT2D eigenvalue weighted by atomic mass is 10.2. The van der Waals surface area contributed by atoms with Gasteiger partial charge in [-0.1, -0.05) is 12.1 Å². The fourth-order valence-electron chi connectivity index (χ4n) is 1.28. The molecule has 1 unspecified atom stereocenters. The highest BCUT2D eigenvalue weighted by atomic mass is 16.5. The van der Waals surface area contributed by atoms with E-state index in [2.05, 4.69) is 5.16 Å². The van der Waals surface area contributed by atoms with Crippen LogP contribution in [0.25, 0.3) is 0 Å². The molecule has 0 aliphatic carbocycles. The molecule has 17 heavy (non-hydrogen) atoms. The van der Waals surface area contributed by atoms with Gasteiger partial charge in [-0.15, -0.1) is 0 Å². The minimum atomic E-state index is 0.0258.